The summed E-state index contributed by atoms with van der Waals surface area (Å²) in [7, 11) is 0. The third-order valence-electron chi connectivity index (χ3n) is 2.10. The Kier molecular flexibility index (Phi) is 3.09. The predicted molar refractivity (Wildman–Crippen MR) is 55.5 cm³/mol. The standard InChI is InChI=1S/C11H14FNO2/c1-11(2,13)9(12)7-3-5-8(6-4-7)10(14)15/h3-6,9H,13H2,1-2H3,(H,14,15). The Bertz CT molecular complexity index is 354. The molecular formula is C11H14FNO2. The van der Waals surface area contributed by atoms with Crippen molar-refractivity contribution in [2.45, 2.75) is 25.6 Å². The van der Waals surface area contributed by atoms with E-state index in [4.69, 9.17) is 10.8 Å². The molecule has 3 N–H and O–H groups in total. The molecule has 0 bridgehead atoms. The minimum atomic E-state index is -1.31. The quantitative estimate of drug-likeness (QED) is 0.805. The molecule has 1 aromatic carbocycles. The van der Waals surface area contributed by atoms with E-state index in [0.29, 0.717) is 5.56 Å². The van der Waals surface area contributed by atoms with Crippen LogP contribution in [-0.4, -0.2) is 16.6 Å². The van der Waals surface area contributed by atoms with Crippen molar-refractivity contribution in [2.24, 2.45) is 5.73 Å². The minimum Gasteiger partial charge on any atom is -0.478 e. The Labute approximate surface area is 87.7 Å². The zero-order valence-corrected chi connectivity index (χ0v) is 8.70. The first kappa shape index (κ1) is 11.7. The fraction of sp³-hybridized carbons (Fsp3) is 0.364. The number of carboxylic acid groups (broad SMARTS) is 1. The summed E-state index contributed by atoms with van der Waals surface area (Å²) in [6.07, 6.45) is -1.31. The van der Waals surface area contributed by atoms with Crippen LogP contribution in [0.4, 0.5) is 4.39 Å². The van der Waals surface area contributed by atoms with Crippen molar-refractivity contribution in [3.63, 3.8) is 0 Å². The van der Waals surface area contributed by atoms with E-state index in [-0.39, 0.29) is 5.56 Å². The molecule has 1 atom stereocenters. The maximum absolute atomic E-state index is 13.7. The van der Waals surface area contributed by atoms with Crippen LogP contribution in [0.2, 0.25) is 0 Å². The van der Waals surface area contributed by atoms with Crippen molar-refractivity contribution in [3.8, 4) is 0 Å². The second-order valence-corrected chi connectivity index (χ2v) is 4.11. The third kappa shape index (κ3) is 2.76. The molecule has 1 aromatic rings. The number of aromatic carboxylic acids is 1. The van der Waals surface area contributed by atoms with Crippen LogP contribution in [0.1, 0.15) is 35.9 Å². The van der Waals surface area contributed by atoms with Crippen LogP contribution in [0.15, 0.2) is 24.3 Å². The van der Waals surface area contributed by atoms with Crippen molar-refractivity contribution >= 4 is 5.97 Å². The molecule has 0 aliphatic carbocycles. The number of halogens is 1. The summed E-state index contributed by atoms with van der Waals surface area (Å²) >= 11 is 0. The molecule has 0 aliphatic rings. The highest BCUT2D eigenvalue weighted by Gasteiger charge is 2.26. The Morgan fingerprint density at radius 3 is 2.20 bits per heavy atom. The first-order valence-electron chi connectivity index (χ1n) is 4.58. The number of carbonyl (C=O) groups is 1. The first-order chi connectivity index (χ1) is 6.82. The van der Waals surface area contributed by atoms with E-state index in [1.54, 1.807) is 13.8 Å². The number of hydrogen-bond acceptors (Lipinski definition) is 2. The summed E-state index contributed by atoms with van der Waals surface area (Å²) in [5, 5.41) is 8.66. The maximum Gasteiger partial charge on any atom is 0.335 e. The average molecular weight is 211 g/mol. The number of alkyl halides is 1. The van der Waals surface area contributed by atoms with Crippen molar-refractivity contribution in [3.05, 3.63) is 35.4 Å². The van der Waals surface area contributed by atoms with Gasteiger partial charge in [-0.2, -0.15) is 0 Å². The lowest BCUT2D eigenvalue weighted by molar-refractivity contribution is 0.0697. The Hall–Kier alpha value is -1.42. The zero-order valence-electron chi connectivity index (χ0n) is 8.70. The lowest BCUT2D eigenvalue weighted by Gasteiger charge is -2.23. The number of hydrogen-bond donors (Lipinski definition) is 2. The van der Waals surface area contributed by atoms with Gasteiger partial charge in [0.2, 0.25) is 0 Å². The van der Waals surface area contributed by atoms with Gasteiger partial charge in [0.05, 0.1) is 5.56 Å². The molecular weight excluding hydrogens is 197 g/mol. The SMILES string of the molecule is CC(C)(N)C(F)c1ccc(C(=O)O)cc1. The second-order valence-electron chi connectivity index (χ2n) is 4.11. The van der Waals surface area contributed by atoms with Crippen molar-refractivity contribution in [2.75, 3.05) is 0 Å². The molecule has 0 saturated heterocycles. The molecule has 0 aromatic heterocycles. The van der Waals surface area contributed by atoms with Crippen molar-refractivity contribution in [1.82, 2.24) is 0 Å². The molecule has 1 rings (SSSR count). The van der Waals surface area contributed by atoms with Crippen molar-refractivity contribution in [1.29, 1.82) is 0 Å². The van der Waals surface area contributed by atoms with E-state index in [0.717, 1.165) is 0 Å². The van der Waals surface area contributed by atoms with Crippen LogP contribution < -0.4 is 5.73 Å². The van der Waals surface area contributed by atoms with Crippen LogP contribution in [0.25, 0.3) is 0 Å². The molecule has 4 heteroatoms. The molecule has 3 nitrogen and oxygen atoms in total. The largest absolute Gasteiger partial charge is 0.478 e. The van der Waals surface area contributed by atoms with Gasteiger partial charge in [0.15, 0.2) is 0 Å². The molecule has 15 heavy (non-hydrogen) atoms. The molecule has 0 fully saturated rings. The van der Waals surface area contributed by atoms with Crippen LogP contribution in [0, 0.1) is 0 Å². The van der Waals surface area contributed by atoms with E-state index in [1.165, 1.54) is 24.3 Å². The molecule has 0 amide bonds. The first-order valence-corrected chi connectivity index (χ1v) is 4.58. The van der Waals surface area contributed by atoms with Gasteiger partial charge in [0, 0.05) is 5.54 Å². The van der Waals surface area contributed by atoms with Crippen LogP contribution in [-0.2, 0) is 0 Å². The summed E-state index contributed by atoms with van der Waals surface area (Å²) in [4.78, 5) is 10.6. The lowest BCUT2D eigenvalue weighted by Crippen LogP contribution is -2.37. The highest BCUT2D eigenvalue weighted by atomic mass is 19.1. The van der Waals surface area contributed by atoms with Gasteiger partial charge in [-0.3, -0.25) is 0 Å². The molecule has 82 valence electrons. The lowest BCUT2D eigenvalue weighted by atomic mass is 9.93. The Morgan fingerprint density at radius 2 is 1.87 bits per heavy atom. The molecule has 0 spiro atoms. The number of rotatable bonds is 3. The van der Waals surface area contributed by atoms with Gasteiger partial charge in [-0.1, -0.05) is 12.1 Å². The minimum absolute atomic E-state index is 0.140. The van der Waals surface area contributed by atoms with Gasteiger partial charge in [0.1, 0.15) is 6.17 Å². The van der Waals surface area contributed by atoms with Gasteiger partial charge in [-0.15, -0.1) is 0 Å². The molecule has 0 heterocycles. The summed E-state index contributed by atoms with van der Waals surface area (Å²) in [5.41, 5.74) is 5.19. The number of carboxylic acids is 1. The smallest absolute Gasteiger partial charge is 0.335 e. The van der Waals surface area contributed by atoms with E-state index < -0.39 is 17.7 Å². The average Bonchev–Trinajstić information content (AvgIpc) is 2.15. The van der Waals surface area contributed by atoms with Gasteiger partial charge in [-0.05, 0) is 31.5 Å². The predicted octanol–water partition coefficient (Wildman–Crippen LogP) is 2.13. The maximum atomic E-state index is 13.7. The fourth-order valence-corrected chi connectivity index (χ4v) is 1.22. The van der Waals surface area contributed by atoms with E-state index in [9.17, 15) is 9.18 Å². The fourth-order valence-electron chi connectivity index (χ4n) is 1.22. The summed E-state index contributed by atoms with van der Waals surface area (Å²) in [6, 6.07) is 5.64. The van der Waals surface area contributed by atoms with E-state index >= 15 is 0 Å². The topological polar surface area (TPSA) is 63.3 Å². The van der Waals surface area contributed by atoms with Crippen LogP contribution in [0.5, 0.6) is 0 Å². The molecule has 0 aliphatic heterocycles. The van der Waals surface area contributed by atoms with Gasteiger partial charge in [-0.25, -0.2) is 9.18 Å². The monoisotopic (exact) mass is 211 g/mol. The third-order valence-corrected chi connectivity index (χ3v) is 2.10. The van der Waals surface area contributed by atoms with Crippen molar-refractivity contribution < 1.29 is 14.3 Å². The van der Waals surface area contributed by atoms with E-state index in [2.05, 4.69) is 0 Å². The summed E-state index contributed by atoms with van der Waals surface area (Å²) in [5.74, 6) is -1.02. The normalized spacial score (nSPS) is 13.6. The highest BCUT2D eigenvalue weighted by molar-refractivity contribution is 5.87. The summed E-state index contributed by atoms with van der Waals surface area (Å²) < 4.78 is 13.7. The Morgan fingerprint density at radius 1 is 1.40 bits per heavy atom. The number of nitrogens with two attached hydrogens (primary N) is 1. The molecule has 0 saturated carbocycles. The van der Waals surface area contributed by atoms with Gasteiger partial charge >= 0.3 is 5.97 Å². The Balaban J connectivity index is 2.94. The van der Waals surface area contributed by atoms with Gasteiger partial charge < -0.3 is 10.8 Å². The van der Waals surface area contributed by atoms with E-state index in [1.807, 2.05) is 0 Å². The van der Waals surface area contributed by atoms with Gasteiger partial charge in [0.25, 0.3) is 0 Å². The molecule has 0 radical (unpaired) electrons. The highest BCUT2D eigenvalue weighted by Crippen LogP contribution is 2.27. The second kappa shape index (κ2) is 3.98. The summed E-state index contributed by atoms with van der Waals surface area (Å²) in [6.45, 7) is 3.17. The molecule has 1 unspecified atom stereocenters. The zero-order chi connectivity index (χ0) is 11.6. The number of benzene rings is 1. The van der Waals surface area contributed by atoms with Crippen LogP contribution >= 0.6 is 0 Å². The van der Waals surface area contributed by atoms with Crippen LogP contribution in [0.3, 0.4) is 0 Å².